The van der Waals surface area contributed by atoms with Gasteiger partial charge in [-0.3, -0.25) is 19.4 Å². The molecule has 4 heterocycles. The molecule has 1 unspecified atom stereocenters. The molecule has 1 fully saturated rings. The first-order valence-corrected chi connectivity index (χ1v) is 13.1. The van der Waals surface area contributed by atoms with Gasteiger partial charge < -0.3 is 19.4 Å². The number of aliphatic imine (C=N–C) groups is 1. The summed E-state index contributed by atoms with van der Waals surface area (Å²) in [5.41, 5.74) is 0.313. The summed E-state index contributed by atoms with van der Waals surface area (Å²) in [7, 11) is 0. The van der Waals surface area contributed by atoms with Crippen molar-refractivity contribution in [3.8, 4) is 0 Å². The minimum atomic E-state index is -4.84. The van der Waals surface area contributed by atoms with Crippen LogP contribution in [0.4, 0.5) is 37.8 Å². The van der Waals surface area contributed by atoms with Gasteiger partial charge in [0.1, 0.15) is 6.04 Å². The minimum absolute atomic E-state index is 0.00663. The second-order valence-corrected chi connectivity index (χ2v) is 10.4. The van der Waals surface area contributed by atoms with Gasteiger partial charge in [-0.25, -0.2) is 10.4 Å². The van der Waals surface area contributed by atoms with Crippen molar-refractivity contribution in [2.75, 3.05) is 42.6 Å². The van der Waals surface area contributed by atoms with Gasteiger partial charge in [0, 0.05) is 25.3 Å². The van der Waals surface area contributed by atoms with Crippen molar-refractivity contribution in [2.24, 2.45) is 16.0 Å². The third-order valence-corrected chi connectivity index (χ3v) is 6.92. The summed E-state index contributed by atoms with van der Waals surface area (Å²) >= 11 is 0. The van der Waals surface area contributed by atoms with Crippen LogP contribution in [0, 0.1) is 5.92 Å². The molecule has 1 N–H and O–H groups in total. The van der Waals surface area contributed by atoms with Gasteiger partial charge in [-0.2, -0.15) is 31.4 Å². The summed E-state index contributed by atoms with van der Waals surface area (Å²) in [6, 6.07) is -1.16. The number of carbonyl (C=O) groups excluding carboxylic acids is 3. The number of alkyl halides is 6. The Kier molecular flexibility index (Phi) is 8.80. The van der Waals surface area contributed by atoms with Crippen molar-refractivity contribution in [1.29, 1.82) is 0 Å². The molecule has 0 bridgehead atoms. The number of amides is 3. The van der Waals surface area contributed by atoms with Gasteiger partial charge in [0.15, 0.2) is 11.7 Å². The highest BCUT2D eigenvalue weighted by atomic mass is 19.4. The molecule has 4 rings (SSSR count). The Hall–Kier alpha value is -3.76. The number of piperazine rings is 1. The molecule has 42 heavy (non-hydrogen) atoms. The van der Waals surface area contributed by atoms with Crippen LogP contribution in [0.2, 0.25) is 0 Å². The molecule has 230 valence electrons. The molecule has 0 aromatic carbocycles. The molecule has 0 radical (unpaired) electrons. The topological polar surface area (TPSA) is 120 Å². The van der Waals surface area contributed by atoms with Crippen LogP contribution >= 0.6 is 0 Å². The van der Waals surface area contributed by atoms with Crippen LogP contribution in [0.3, 0.4) is 0 Å². The number of aromatic nitrogens is 1. The minimum Gasteiger partial charge on any atom is -0.379 e. The van der Waals surface area contributed by atoms with Crippen molar-refractivity contribution in [3.05, 3.63) is 17.8 Å². The van der Waals surface area contributed by atoms with Gasteiger partial charge in [0.2, 0.25) is 5.91 Å². The van der Waals surface area contributed by atoms with Crippen molar-refractivity contribution >= 4 is 41.2 Å². The van der Waals surface area contributed by atoms with Gasteiger partial charge in [0.25, 0.3) is 11.8 Å². The van der Waals surface area contributed by atoms with Crippen LogP contribution in [0.1, 0.15) is 32.8 Å². The Bertz CT molecular complexity index is 1280. The van der Waals surface area contributed by atoms with Gasteiger partial charge in [-0.15, -0.1) is 0 Å². The number of ether oxygens (including phenoxy) is 1. The maximum absolute atomic E-state index is 13.4. The molecule has 1 aromatic heterocycles. The number of anilines is 2. The highest BCUT2D eigenvalue weighted by Gasteiger charge is 2.49. The monoisotopic (exact) mass is 605 g/mol. The molecule has 3 atom stereocenters. The SMILES string of the molecule is CC(C)N1C(=O)[C@H]2CN(C(=O)CCOC[C@H](C)N=C3C=NNC(=O)C3C(F)(F)F)CCN2c2ncc(C(F)(F)F)cc21. The molecule has 11 nitrogen and oxygen atoms in total. The summed E-state index contributed by atoms with van der Waals surface area (Å²) < 4.78 is 85.1. The number of carbonyl (C=O) groups is 3. The van der Waals surface area contributed by atoms with E-state index in [0.717, 1.165) is 18.5 Å². The lowest BCUT2D eigenvalue weighted by Gasteiger charge is -2.48. The van der Waals surface area contributed by atoms with E-state index in [-0.39, 0.29) is 56.7 Å². The first-order chi connectivity index (χ1) is 19.6. The van der Waals surface area contributed by atoms with Crippen LogP contribution in [0.15, 0.2) is 22.4 Å². The van der Waals surface area contributed by atoms with Crippen LogP contribution in [0.5, 0.6) is 0 Å². The van der Waals surface area contributed by atoms with E-state index in [2.05, 4.69) is 15.1 Å². The van der Waals surface area contributed by atoms with Crippen molar-refractivity contribution in [2.45, 2.75) is 57.7 Å². The Balaban J connectivity index is 1.35. The van der Waals surface area contributed by atoms with Gasteiger partial charge >= 0.3 is 12.4 Å². The van der Waals surface area contributed by atoms with E-state index >= 15 is 0 Å². The average Bonchev–Trinajstić information content (AvgIpc) is 2.89. The van der Waals surface area contributed by atoms with Crippen molar-refractivity contribution in [3.63, 3.8) is 0 Å². The van der Waals surface area contributed by atoms with E-state index in [0.29, 0.717) is 0 Å². The van der Waals surface area contributed by atoms with Gasteiger partial charge in [-0.1, -0.05) is 0 Å². The highest BCUT2D eigenvalue weighted by molar-refractivity contribution is 6.37. The van der Waals surface area contributed by atoms with Crippen LogP contribution in [0.25, 0.3) is 0 Å². The first-order valence-electron chi connectivity index (χ1n) is 13.1. The maximum atomic E-state index is 13.4. The fraction of sp³-hybridized carbons (Fsp3) is 0.600. The molecule has 1 aromatic rings. The van der Waals surface area contributed by atoms with E-state index in [1.807, 2.05) is 0 Å². The molecular formula is C25H29F6N7O4. The van der Waals surface area contributed by atoms with Crippen LogP contribution in [-0.2, 0) is 25.3 Å². The second kappa shape index (κ2) is 11.9. The zero-order chi connectivity index (χ0) is 31.0. The van der Waals surface area contributed by atoms with E-state index in [4.69, 9.17) is 4.74 Å². The second-order valence-electron chi connectivity index (χ2n) is 10.4. The third-order valence-electron chi connectivity index (χ3n) is 6.92. The molecule has 3 aliphatic heterocycles. The number of rotatable bonds is 7. The number of nitrogens with zero attached hydrogens (tertiary/aromatic N) is 6. The van der Waals surface area contributed by atoms with Crippen molar-refractivity contribution < 1.29 is 45.5 Å². The fourth-order valence-electron chi connectivity index (χ4n) is 5.01. The lowest BCUT2D eigenvalue weighted by atomic mass is 10.0. The van der Waals surface area contributed by atoms with Gasteiger partial charge in [-0.05, 0) is 26.8 Å². The Labute approximate surface area is 236 Å². The number of hydrazone groups is 1. The molecule has 1 saturated heterocycles. The lowest BCUT2D eigenvalue weighted by Crippen LogP contribution is -2.64. The Morgan fingerprint density at radius 2 is 1.88 bits per heavy atom. The molecular weight excluding hydrogens is 576 g/mol. The maximum Gasteiger partial charge on any atom is 0.417 e. The summed E-state index contributed by atoms with van der Waals surface area (Å²) in [5.74, 6) is -4.32. The largest absolute Gasteiger partial charge is 0.417 e. The Morgan fingerprint density at radius 3 is 2.52 bits per heavy atom. The van der Waals surface area contributed by atoms with E-state index in [1.165, 1.54) is 16.7 Å². The first kappa shape index (κ1) is 31.2. The Morgan fingerprint density at radius 1 is 1.17 bits per heavy atom. The van der Waals surface area contributed by atoms with E-state index < -0.39 is 59.5 Å². The summed E-state index contributed by atoms with van der Waals surface area (Å²) in [5, 5.41) is 3.38. The molecule has 17 heteroatoms. The quantitative estimate of drug-likeness (QED) is 0.377. The fourth-order valence-corrected chi connectivity index (χ4v) is 5.01. The van der Waals surface area contributed by atoms with Gasteiger partial charge in [0.05, 0.1) is 55.4 Å². The zero-order valence-electron chi connectivity index (χ0n) is 22.9. The number of fused-ring (bicyclic) bond motifs is 3. The zero-order valence-corrected chi connectivity index (χ0v) is 22.9. The normalized spacial score (nSPS) is 22.8. The molecule has 3 amide bonds. The number of hydrogen-bond acceptors (Lipinski definition) is 8. The highest BCUT2D eigenvalue weighted by Crippen LogP contribution is 2.40. The van der Waals surface area contributed by atoms with E-state index in [1.54, 1.807) is 24.2 Å². The third kappa shape index (κ3) is 6.50. The number of pyridine rings is 1. The molecule has 3 aliphatic rings. The molecule has 0 saturated carbocycles. The summed E-state index contributed by atoms with van der Waals surface area (Å²) in [6.07, 6.45) is -8.01. The van der Waals surface area contributed by atoms with Crippen LogP contribution in [-0.4, -0.2) is 96.7 Å². The average molecular weight is 606 g/mol. The summed E-state index contributed by atoms with van der Waals surface area (Å²) in [6.45, 7) is 4.98. The van der Waals surface area contributed by atoms with Crippen molar-refractivity contribution in [1.82, 2.24) is 15.3 Å². The lowest BCUT2D eigenvalue weighted by molar-refractivity contribution is -0.168. The smallest absolute Gasteiger partial charge is 0.379 e. The number of halogens is 6. The number of hydrogen-bond donors (Lipinski definition) is 1. The number of nitrogens with one attached hydrogen (secondary N) is 1. The van der Waals surface area contributed by atoms with Crippen LogP contribution < -0.4 is 15.2 Å². The predicted octanol–water partition coefficient (Wildman–Crippen LogP) is 2.40. The predicted molar refractivity (Wildman–Crippen MR) is 138 cm³/mol. The van der Waals surface area contributed by atoms with E-state index in [9.17, 15) is 40.7 Å². The standard InChI is InChI=1S/C25H29F6N7O4/c1-13(2)38-17-8-15(24(26,27)28)9-32-21(17)37-6-5-36(11-18(37)23(38)41)19(39)4-7-42-12-14(3)34-16-10-33-35-22(40)20(16)25(29,30)31/h8-10,13-14,18,20H,4-7,11-12H2,1-3H3,(H,35,40)/t14-,18+,20?/m0/s1. The molecule has 0 aliphatic carbocycles. The molecule has 0 spiro atoms. The summed E-state index contributed by atoms with van der Waals surface area (Å²) in [4.78, 5) is 50.2.